The fraction of sp³-hybridized carbons (Fsp3) is 0.127. The van der Waals surface area contributed by atoms with Crippen molar-refractivity contribution in [2.45, 2.75) is 50.1 Å². The van der Waals surface area contributed by atoms with Crippen molar-refractivity contribution in [2.24, 2.45) is 4.99 Å². The Morgan fingerprint density at radius 3 is 2.02 bits per heavy atom. The van der Waals surface area contributed by atoms with Gasteiger partial charge in [0.2, 0.25) is 0 Å². The normalized spacial score (nSPS) is 18.5. The Kier molecular flexibility index (Phi) is 10.1. The molecule has 2 aliphatic heterocycles. The summed E-state index contributed by atoms with van der Waals surface area (Å²) in [5.74, 6) is 0.703. The molecule has 2 nitrogen and oxygen atoms in total. The lowest BCUT2D eigenvalue weighted by molar-refractivity contribution is 0.638. The average molecular weight is 835 g/mol. The topological polar surface area (TPSA) is 15.6 Å². The first kappa shape index (κ1) is 39.1. The van der Waals surface area contributed by atoms with Crippen LogP contribution in [0.2, 0.25) is 0 Å². The van der Waals surface area contributed by atoms with Crippen LogP contribution >= 0.6 is 0 Å². The first-order valence-corrected chi connectivity index (χ1v) is 23.3. The zero-order valence-corrected chi connectivity index (χ0v) is 36.5. The van der Waals surface area contributed by atoms with Crippen LogP contribution in [0.15, 0.2) is 235 Å². The summed E-state index contributed by atoms with van der Waals surface area (Å²) in [4.78, 5) is 7.95. The molecule has 8 aromatic rings. The molecule has 0 radical (unpaired) electrons. The quantitative estimate of drug-likeness (QED) is 0.156. The van der Waals surface area contributed by atoms with Crippen LogP contribution in [0.5, 0.6) is 0 Å². The van der Waals surface area contributed by atoms with Crippen LogP contribution in [0.3, 0.4) is 0 Å². The van der Waals surface area contributed by atoms with E-state index in [1.807, 2.05) is 0 Å². The monoisotopic (exact) mass is 834 g/mol. The molecule has 12 rings (SSSR count). The zero-order valence-electron chi connectivity index (χ0n) is 36.5. The third-order valence-corrected chi connectivity index (χ3v) is 14.3. The number of para-hydroxylation sites is 1. The summed E-state index contributed by atoms with van der Waals surface area (Å²) in [5, 5.41) is 0. The van der Waals surface area contributed by atoms with E-state index in [0.29, 0.717) is 11.8 Å². The Labute approximate surface area is 383 Å². The number of anilines is 2. The first-order valence-electron chi connectivity index (χ1n) is 23.3. The molecule has 8 aromatic carbocycles. The van der Waals surface area contributed by atoms with Gasteiger partial charge in [-0.3, -0.25) is 4.99 Å². The van der Waals surface area contributed by atoms with E-state index < -0.39 is 0 Å². The standard InChI is InChI=1S/C63H50N2/c1-4-15-43(16-5-1)49-33-36-61(64-62(40-49)46-17-6-2-7-18-46)52-22-14-21-47(37-52)48-31-34-57-59(39-51-19-10-12-25-55(51)60(57)38-48)45-29-27-44(28-30-45)50-32-35-58-56-26-13-11-20-53(56)42-65(63(58)41-50)54-23-8-3-9-24-54/h1-24,26-32,34-35,37-38,40-41,55,59,61H,25,33,36,39,42H2/t55-,59?,61?/m0/s1. The maximum atomic E-state index is 5.49. The number of allylic oxidation sites excluding steroid dienone is 6. The molecule has 4 aliphatic rings. The second-order valence-corrected chi connectivity index (χ2v) is 18.1. The van der Waals surface area contributed by atoms with Gasteiger partial charge in [-0.15, -0.1) is 0 Å². The minimum Gasteiger partial charge on any atom is -0.336 e. The molecule has 312 valence electrons. The van der Waals surface area contributed by atoms with Gasteiger partial charge in [-0.25, -0.2) is 0 Å². The fourth-order valence-electron chi connectivity index (χ4n) is 10.9. The van der Waals surface area contributed by atoms with E-state index in [-0.39, 0.29) is 6.04 Å². The second-order valence-electron chi connectivity index (χ2n) is 18.1. The van der Waals surface area contributed by atoms with Gasteiger partial charge < -0.3 is 4.90 Å². The van der Waals surface area contributed by atoms with Crippen LogP contribution in [-0.2, 0) is 6.54 Å². The van der Waals surface area contributed by atoms with Gasteiger partial charge in [-0.05, 0) is 128 Å². The Morgan fingerprint density at radius 1 is 0.492 bits per heavy atom. The average Bonchev–Trinajstić information content (AvgIpc) is 3.63. The lowest BCUT2D eigenvalue weighted by atomic mass is 9.68. The number of hydrogen-bond donors (Lipinski definition) is 0. The van der Waals surface area contributed by atoms with E-state index in [4.69, 9.17) is 4.99 Å². The summed E-state index contributed by atoms with van der Waals surface area (Å²) in [7, 11) is 0. The predicted octanol–water partition coefficient (Wildman–Crippen LogP) is 16.3. The van der Waals surface area contributed by atoms with Crippen molar-refractivity contribution >= 4 is 22.7 Å². The number of hydrogen-bond acceptors (Lipinski definition) is 2. The van der Waals surface area contributed by atoms with E-state index in [2.05, 4.69) is 229 Å². The van der Waals surface area contributed by atoms with Gasteiger partial charge in [0.1, 0.15) is 0 Å². The van der Waals surface area contributed by atoms with Crippen LogP contribution in [0.4, 0.5) is 11.4 Å². The van der Waals surface area contributed by atoms with Crippen molar-refractivity contribution < 1.29 is 0 Å². The molecule has 0 saturated heterocycles. The second kappa shape index (κ2) is 16.9. The first-order chi connectivity index (χ1) is 32.2. The Hall–Kier alpha value is -7.55. The van der Waals surface area contributed by atoms with Crippen LogP contribution in [0.25, 0.3) is 39.0 Å². The number of fused-ring (bicyclic) bond motifs is 6. The van der Waals surface area contributed by atoms with E-state index in [1.54, 1.807) is 5.57 Å². The Bertz CT molecular complexity index is 3170. The van der Waals surface area contributed by atoms with Crippen molar-refractivity contribution in [3.8, 4) is 33.4 Å². The lowest BCUT2D eigenvalue weighted by Gasteiger charge is -2.36. The summed E-state index contributed by atoms with van der Waals surface area (Å²) < 4.78 is 0. The van der Waals surface area contributed by atoms with Gasteiger partial charge in [0.25, 0.3) is 0 Å². The molecular weight excluding hydrogens is 785 g/mol. The smallest absolute Gasteiger partial charge is 0.0759 e. The molecule has 0 fully saturated rings. The van der Waals surface area contributed by atoms with Gasteiger partial charge in [0.15, 0.2) is 0 Å². The highest BCUT2D eigenvalue weighted by molar-refractivity contribution is 6.12. The van der Waals surface area contributed by atoms with Crippen molar-refractivity contribution in [1.29, 1.82) is 0 Å². The summed E-state index contributed by atoms with van der Waals surface area (Å²) in [6.07, 6.45) is 13.4. The highest BCUT2D eigenvalue weighted by Crippen LogP contribution is 2.50. The summed E-state index contributed by atoms with van der Waals surface area (Å²) >= 11 is 0. The third-order valence-electron chi connectivity index (χ3n) is 14.3. The fourth-order valence-corrected chi connectivity index (χ4v) is 10.9. The van der Waals surface area contributed by atoms with E-state index in [1.165, 1.54) is 83.7 Å². The molecule has 2 aliphatic carbocycles. The van der Waals surface area contributed by atoms with Crippen molar-refractivity contribution in [1.82, 2.24) is 0 Å². The molecule has 0 amide bonds. The van der Waals surface area contributed by atoms with Gasteiger partial charge in [-0.2, -0.15) is 0 Å². The molecule has 2 unspecified atom stereocenters. The minimum atomic E-state index is 0.0615. The van der Waals surface area contributed by atoms with Crippen molar-refractivity contribution in [3.05, 3.63) is 269 Å². The molecule has 0 bridgehead atoms. The van der Waals surface area contributed by atoms with Crippen molar-refractivity contribution in [2.75, 3.05) is 4.90 Å². The van der Waals surface area contributed by atoms with E-state index >= 15 is 0 Å². The molecule has 0 saturated carbocycles. The van der Waals surface area contributed by atoms with Gasteiger partial charge in [0, 0.05) is 35.3 Å². The highest BCUT2D eigenvalue weighted by Gasteiger charge is 2.32. The Morgan fingerprint density at radius 2 is 1.18 bits per heavy atom. The number of benzene rings is 8. The molecule has 2 heteroatoms. The highest BCUT2D eigenvalue weighted by atomic mass is 15.1. The number of nitrogens with zero attached hydrogens (tertiary/aromatic N) is 2. The largest absolute Gasteiger partial charge is 0.336 e. The molecule has 65 heavy (non-hydrogen) atoms. The minimum absolute atomic E-state index is 0.0615. The maximum Gasteiger partial charge on any atom is 0.0759 e. The number of rotatable bonds is 7. The van der Waals surface area contributed by atoms with Crippen LogP contribution in [0, 0.1) is 0 Å². The lowest BCUT2D eigenvalue weighted by Crippen LogP contribution is -2.21. The molecule has 0 N–H and O–H groups in total. The molecule has 3 atom stereocenters. The SMILES string of the molecule is C1=CC[C@H]2C(=C1)CC(c1ccc(-c3ccc4c(c3)N(c3ccccc3)Cc3ccccc3-4)cc1)c1ccc(-c3cccc(C4CCC(c5ccccc5)=CC(c5ccccc5)=N4)c3)cc12. The Balaban J connectivity index is 0.856. The third kappa shape index (κ3) is 7.49. The van der Waals surface area contributed by atoms with Gasteiger partial charge in [-0.1, -0.05) is 200 Å². The maximum absolute atomic E-state index is 5.49. The summed E-state index contributed by atoms with van der Waals surface area (Å²) in [6, 6.07) is 74.2. The van der Waals surface area contributed by atoms with E-state index in [9.17, 15) is 0 Å². The van der Waals surface area contributed by atoms with Gasteiger partial charge in [0.05, 0.1) is 11.8 Å². The van der Waals surface area contributed by atoms with Crippen molar-refractivity contribution in [3.63, 3.8) is 0 Å². The summed E-state index contributed by atoms with van der Waals surface area (Å²) in [6.45, 7) is 0.855. The molecule has 0 aromatic heterocycles. The van der Waals surface area contributed by atoms with Crippen LogP contribution in [-0.4, -0.2) is 5.71 Å². The zero-order chi connectivity index (χ0) is 43.1. The van der Waals surface area contributed by atoms with E-state index in [0.717, 1.165) is 43.5 Å². The molecule has 0 spiro atoms. The molecule has 2 heterocycles. The molecular formula is C63H50N2. The van der Waals surface area contributed by atoms with Crippen LogP contribution < -0.4 is 4.90 Å². The summed E-state index contributed by atoms with van der Waals surface area (Å²) in [5.41, 5.74) is 23.4. The number of aliphatic imine (C=N–C) groups is 1. The predicted molar refractivity (Wildman–Crippen MR) is 272 cm³/mol. The van der Waals surface area contributed by atoms with Gasteiger partial charge >= 0.3 is 0 Å². The van der Waals surface area contributed by atoms with Crippen LogP contribution in [0.1, 0.15) is 82.5 Å².